The molecule has 0 amide bonds. The highest BCUT2D eigenvalue weighted by molar-refractivity contribution is 5.66. The molecule has 0 bridgehead atoms. The minimum absolute atomic E-state index is 0.0724. The summed E-state index contributed by atoms with van der Waals surface area (Å²) in [6.07, 6.45) is 1.29. The molecule has 0 aliphatic carbocycles. The van der Waals surface area contributed by atoms with Gasteiger partial charge in [0.2, 0.25) is 0 Å². The van der Waals surface area contributed by atoms with Crippen molar-refractivity contribution >= 4 is 5.97 Å². The van der Waals surface area contributed by atoms with Crippen molar-refractivity contribution in [1.82, 2.24) is 0 Å². The Bertz CT molecular complexity index is 315. The number of esters is 1. The predicted molar refractivity (Wildman–Crippen MR) is 62.3 cm³/mol. The first kappa shape index (κ1) is 13.8. The van der Waals surface area contributed by atoms with Crippen molar-refractivity contribution in [2.45, 2.75) is 51.9 Å². The molecule has 1 heterocycles. The normalized spacial score (nSPS) is 31.9. The van der Waals surface area contributed by atoms with Crippen molar-refractivity contribution < 1.29 is 14.3 Å². The van der Waals surface area contributed by atoms with E-state index in [0.29, 0.717) is 13.0 Å². The summed E-state index contributed by atoms with van der Waals surface area (Å²) in [5.74, 6) is -0.180. The van der Waals surface area contributed by atoms with Crippen LogP contribution in [-0.2, 0) is 14.3 Å². The molecule has 6 heteroatoms. The maximum atomic E-state index is 11.1. The minimum Gasteiger partial charge on any atom is -0.459 e. The van der Waals surface area contributed by atoms with Crippen LogP contribution in [0.2, 0.25) is 0 Å². The molecule has 0 aromatic carbocycles. The number of hydrogen-bond donors (Lipinski definition) is 0. The lowest BCUT2D eigenvalue weighted by atomic mass is 9.91. The average Bonchev–Trinajstić information content (AvgIpc) is 2.56. The van der Waals surface area contributed by atoms with E-state index in [-0.39, 0.29) is 30.2 Å². The largest absolute Gasteiger partial charge is 0.459 e. The van der Waals surface area contributed by atoms with Crippen molar-refractivity contribution in [2.24, 2.45) is 11.0 Å². The maximum absolute atomic E-state index is 11.1. The fourth-order valence-corrected chi connectivity index (χ4v) is 2.39. The maximum Gasteiger partial charge on any atom is 0.303 e. The summed E-state index contributed by atoms with van der Waals surface area (Å²) in [7, 11) is 0. The van der Waals surface area contributed by atoms with Crippen LogP contribution in [0, 0.1) is 5.92 Å². The second-order valence-electron chi connectivity index (χ2n) is 4.27. The van der Waals surface area contributed by atoms with Crippen molar-refractivity contribution in [3.8, 4) is 0 Å². The van der Waals surface area contributed by atoms with Crippen LogP contribution < -0.4 is 0 Å². The number of rotatable bonds is 5. The smallest absolute Gasteiger partial charge is 0.303 e. The quantitative estimate of drug-likeness (QED) is 0.320. The van der Waals surface area contributed by atoms with Gasteiger partial charge in [-0.15, -0.1) is 0 Å². The van der Waals surface area contributed by atoms with E-state index in [1.807, 2.05) is 13.8 Å². The third-order valence-electron chi connectivity index (χ3n) is 3.08. The van der Waals surface area contributed by atoms with E-state index < -0.39 is 0 Å². The number of hydrogen-bond acceptors (Lipinski definition) is 4. The number of carbonyl (C=O) groups excluding carboxylic acids is 1. The topological polar surface area (TPSA) is 84.3 Å². The zero-order chi connectivity index (χ0) is 12.8. The van der Waals surface area contributed by atoms with Gasteiger partial charge in [-0.05, 0) is 25.3 Å². The van der Waals surface area contributed by atoms with Gasteiger partial charge >= 0.3 is 5.97 Å². The van der Waals surface area contributed by atoms with Crippen LogP contribution >= 0.6 is 0 Å². The molecule has 0 aromatic heterocycles. The summed E-state index contributed by atoms with van der Waals surface area (Å²) in [5, 5.41) is 3.53. The van der Waals surface area contributed by atoms with E-state index in [0.717, 1.165) is 6.42 Å². The molecular formula is C11H19N3O3. The van der Waals surface area contributed by atoms with Gasteiger partial charge in [0.25, 0.3) is 0 Å². The average molecular weight is 241 g/mol. The Kier molecular flexibility index (Phi) is 5.25. The van der Waals surface area contributed by atoms with Crippen molar-refractivity contribution in [3.05, 3.63) is 10.4 Å². The van der Waals surface area contributed by atoms with Gasteiger partial charge in [-0.2, -0.15) is 0 Å². The summed E-state index contributed by atoms with van der Waals surface area (Å²) in [6.45, 7) is 5.75. The van der Waals surface area contributed by atoms with Gasteiger partial charge in [-0.1, -0.05) is 12.0 Å². The standard InChI is InChI=1S/C11H19N3O3/c1-4-10-9(5-6-13-14-12)11(7(2)16-10)17-8(3)15/h7,9-11H,4-6H2,1-3H3/t7-,9-,10+,11?/m0/s1. The molecule has 17 heavy (non-hydrogen) atoms. The third kappa shape index (κ3) is 3.61. The second-order valence-corrected chi connectivity index (χ2v) is 4.27. The van der Waals surface area contributed by atoms with Gasteiger partial charge in [-0.3, -0.25) is 4.79 Å². The van der Waals surface area contributed by atoms with Gasteiger partial charge in [0.15, 0.2) is 0 Å². The van der Waals surface area contributed by atoms with Gasteiger partial charge in [0, 0.05) is 24.3 Å². The van der Waals surface area contributed by atoms with Crippen LogP contribution in [0.3, 0.4) is 0 Å². The highest BCUT2D eigenvalue weighted by Crippen LogP contribution is 2.33. The van der Waals surface area contributed by atoms with E-state index in [1.165, 1.54) is 6.92 Å². The SMILES string of the molecule is CC[C@H]1O[C@@H](C)C(OC(C)=O)[C@H]1CCN=[N+]=[N-]. The van der Waals surface area contributed by atoms with Gasteiger partial charge < -0.3 is 9.47 Å². The molecule has 1 unspecified atom stereocenters. The molecule has 1 aliphatic heterocycles. The van der Waals surface area contributed by atoms with Crippen LogP contribution in [0.1, 0.15) is 33.6 Å². The molecule has 0 N–H and O–H groups in total. The van der Waals surface area contributed by atoms with Crippen LogP contribution in [0.5, 0.6) is 0 Å². The molecule has 1 saturated heterocycles. The molecule has 0 aromatic rings. The summed E-state index contributed by atoms with van der Waals surface area (Å²) in [5.41, 5.74) is 8.27. The molecule has 1 fully saturated rings. The molecule has 1 rings (SSSR count). The first-order valence-corrected chi connectivity index (χ1v) is 5.93. The molecule has 0 spiro atoms. The summed E-state index contributed by atoms with van der Waals surface area (Å²) in [6, 6.07) is 0. The highest BCUT2D eigenvalue weighted by Gasteiger charge is 2.42. The number of carbonyl (C=O) groups is 1. The summed E-state index contributed by atoms with van der Waals surface area (Å²) in [4.78, 5) is 13.8. The lowest BCUT2D eigenvalue weighted by Crippen LogP contribution is -2.31. The highest BCUT2D eigenvalue weighted by atomic mass is 16.6. The van der Waals surface area contributed by atoms with Gasteiger partial charge in [0.1, 0.15) is 6.10 Å². The fraction of sp³-hybridized carbons (Fsp3) is 0.909. The van der Waals surface area contributed by atoms with E-state index in [9.17, 15) is 4.79 Å². The lowest BCUT2D eigenvalue weighted by molar-refractivity contribution is -0.150. The molecule has 96 valence electrons. The Morgan fingerprint density at radius 2 is 2.29 bits per heavy atom. The fourth-order valence-electron chi connectivity index (χ4n) is 2.39. The van der Waals surface area contributed by atoms with E-state index in [2.05, 4.69) is 10.0 Å². The number of nitrogens with zero attached hydrogens (tertiary/aromatic N) is 3. The van der Waals surface area contributed by atoms with Crippen molar-refractivity contribution in [1.29, 1.82) is 0 Å². The summed E-state index contributed by atoms with van der Waals surface area (Å²) < 4.78 is 11.1. The number of ether oxygens (including phenoxy) is 2. The van der Waals surface area contributed by atoms with E-state index in [4.69, 9.17) is 15.0 Å². The first-order valence-electron chi connectivity index (χ1n) is 5.93. The zero-order valence-corrected chi connectivity index (χ0v) is 10.5. The van der Waals surface area contributed by atoms with Gasteiger partial charge in [0.05, 0.1) is 12.2 Å². The number of azide groups is 1. The first-order chi connectivity index (χ1) is 8.10. The van der Waals surface area contributed by atoms with Crippen LogP contribution in [-0.4, -0.2) is 30.8 Å². The van der Waals surface area contributed by atoms with Crippen molar-refractivity contribution in [3.63, 3.8) is 0 Å². The van der Waals surface area contributed by atoms with Crippen LogP contribution in [0.25, 0.3) is 10.4 Å². The third-order valence-corrected chi connectivity index (χ3v) is 3.08. The molecule has 0 radical (unpaired) electrons. The Balaban J connectivity index is 2.68. The van der Waals surface area contributed by atoms with E-state index >= 15 is 0 Å². The molecular weight excluding hydrogens is 222 g/mol. The Morgan fingerprint density at radius 1 is 1.59 bits per heavy atom. The van der Waals surface area contributed by atoms with E-state index in [1.54, 1.807) is 0 Å². The van der Waals surface area contributed by atoms with Crippen molar-refractivity contribution in [2.75, 3.05) is 6.54 Å². The predicted octanol–water partition coefficient (Wildman–Crippen LogP) is 2.43. The monoisotopic (exact) mass is 241 g/mol. The Morgan fingerprint density at radius 3 is 2.82 bits per heavy atom. The Labute approximate surface area is 101 Å². The molecule has 4 atom stereocenters. The van der Waals surface area contributed by atoms with Gasteiger partial charge in [-0.25, -0.2) is 0 Å². The summed E-state index contributed by atoms with van der Waals surface area (Å²) >= 11 is 0. The molecule has 6 nitrogen and oxygen atoms in total. The second kappa shape index (κ2) is 6.47. The zero-order valence-electron chi connectivity index (χ0n) is 10.5. The molecule has 0 saturated carbocycles. The Hall–Kier alpha value is -1.26. The minimum atomic E-state index is -0.295. The van der Waals surface area contributed by atoms with Crippen LogP contribution in [0.15, 0.2) is 5.11 Å². The molecule has 1 aliphatic rings. The lowest BCUT2D eigenvalue weighted by Gasteiger charge is -2.21. The van der Waals surface area contributed by atoms with Crippen LogP contribution in [0.4, 0.5) is 0 Å².